The van der Waals surface area contributed by atoms with Crippen molar-refractivity contribution in [3.8, 4) is 0 Å². The van der Waals surface area contributed by atoms with Gasteiger partial charge < -0.3 is 15.4 Å². The van der Waals surface area contributed by atoms with E-state index >= 15 is 0 Å². The molecule has 2 aliphatic rings. The van der Waals surface area contributed by atoms with Gasteiger partial charge in [-0.2, -0.15) is 0 Å². The molecule has 0 aromatic heterocycles. The summed E-state index contributed by atoms with van der Waals surface area (Å²) in [5.41, 5.74) is 2.22. The van der Waals surface area contributed by atoms with E-state index in [2.05, 4.69) is 39.8 Å². The molecule has 2 atom stereocenters. The van der Waals surface area contributed by atoms with E-state index in [9.17, 15) is 9.18 Å². The lowest BCUT2D eigenvalue weighted by molar-refractivity contribution is 0.0805. The molecule has 31 heavy (non-hydrogen) atoms. The molecule has 0 bridgehead atoms. The molecule has 5 nitrogen and oxygen atoms in total. The largest absolute Gasteiger partial charge is 0.376 e. The second kappa shape index (κ2) is 10.7. The Hall–Kier alpha value is -2.44. The molecule has 0 saturated carbocycles. The summed E-state index contributed by atoms with van der Waals surface area (Å²) in [5, 5.41) is 6.12. The zero-order chi connectivity index (χ0) is 21.5. The van der Waals surface area contributed by atoms with Crippen LogP contribution in [0.25, 0.3) is 0 Å². The molecule has 2 unspecified atom stereocenters. The van der Waals surface area contributed by atoms with Gasteiger partial charge >= 0.3 is 6.03 Å². The van der Waals surface area contributed by atoms with Crippen LogP contribution in [-0.4, -0.2) is 43.3 Å². The van der Waals surface area contributed by atoms with E-state index in [1.54, 1.807) is 12.1 Å². The van der Waals surface area contributed by atoms with Gasteiger partial charge in [-0.05, 0) is 68.0 Å². The highest BCUT2D eigenvalue weighted by atomic mass is 19.1. The van der Waals surface area contributed by atoms with Crippen LogP contribution < -0.4 is 10.6 Å². The zero-order valence-electron chi connectivity index (χ0n) is 17.9. The van der Waals surface area contributed by atoms with Crippen LogP contribution >= 0.6 is 0 Å². The average Bonchev–Trinajstić information content (AvgIpc) is 3.33. The second-order valence-electron chi connectivity index (χ2n) is 8.64. The lowest BCUT2D eigenvalue weighted by atomic mass is 9.96. The smallest absolute Gasteiger partial charge is 0.315 e. The van der Waals surface area contributed by atoms with Gasteiger partial charge in [-0.3, -0.25) is 4.90 Å². The van der Waals surface area contributed by atoms with Crippen LogP contribution in [0.4, 0.5) is 9.18 Å². The first-order chi connectivity index (χ1) is 15.2. The minimum atomic E-state index is -0.280. The van der Waals surface area contributed by atoms with Crippen LogP contribution in [0.2, 0.25) is 0 Å². The summed E-state index contributed by atoms with van der Waals surface area (Å²) < 4.78 is 19.1. The summed E-state index contributed by atoms with van der Waals surface area (Å²) in [7, 11) is 0. The number of benzene rings is 2. The van der Waals surface area contributed by atoms with Crippen molar-refractivity contribution in [2.45, 2.75) is 44.4 Å². The van der Waals surface area contributed by atoms with Crippen molar-refractivity contribution in [3.63, 3.8) is 0 Å². The molecular weight excluding hydrogens is 393 g/mol. The van der Waals surface area contributed by atoms with Gasteiger partial charge in [-0.15, -0.1) is 0 Å². The molecule has 2 aromatic rings. The van der Waals surface area contributed by atoms with Gasteiger partial charge in [0, 0.05) is 19.7 Å². The number of likely N-dealkylation sites (tertiary alicyclic amines) is 1. The van der Waals surface area contributed by atoms with E-state index in [0.717, 1.165) is 50.9 Å². The zero-order valence-corrected chi connectivity index (χ0v) is 17.9. The molecule has 2 saturated heterocycles. The Morgan fingerprint density at radius 2 is 1.81 bits per heavy atom. The number of nitrogens with zero attached hydrogens (tertiary/aromatic N) is 1. The monoisotopic (exact) mass is 425 g/mol. The highest BCUT2D eigenvalue weighted by Gasteiger charge is 2.29. The quantitative estimate of drug-likeness (QED) is 0.697. The number of rotatable bonds is 7. The van der Waals surface area contributed by atoms with Crippen LogP contribution in [0, 0.1) is 11.7 Å². The Bertz CT molecular complexity index is 816. The average molecular weight is 426 g/mol. The molecule has 6 heteroatoms. The maximum atomic E-state index is 13.3. The van der Waals surface area contributed by atoms with Crippen molar-refractivity contribution in [1.29, 1.82) is 0 Å². The summed E-state index contributed by atoms with van der Waals surface area (Å²) in [4.78, 5) is 15.1. The molecule has 2 amide bonds. The van der Waals surface area contributed by atoms with E-state index in [0.29, 0.717) is 19.1 Å². The summed E-state index contributed by atoms with van der Waals surface area (Å²) in [6.07, 6.45) is 3.97. The van der Waals surface area contributed by atoms with Crippen molar-refractivity contribution in [2.75, 3.05) is 26.2 Å². The van der Waals surface area contributed by atoms with Gasteiger partial charge in [-0.1, -0.05) is 42.5 Å². The molecular formula is C25H32FN3O2. The van der Waals surface area contributed by atoms with Gasteiger partial charge in [0.05, 0.1) is 12.1 Å². The predicted octanol–water partition coefficient (Wildman–Crippen LogP) is 4.26. The van der Waals surface area contributed by atoms with Gasteiger partial charge in [0.25, 0.3) is 0 Å². The number of amides is 2. The normalized spacial score (nSPS) is 21.0. The number of ether oxygens (including phenoxy) is 1. The number of carbonyl (C=O) groups excluding carboxylic acids is 1. The first kappa shape index (κ1) is 21.8. The minimum Gasteiger partial charge on any atom is -0.376 e. The number of urea groups is 1. The number of hydrogen-bond donors (Lipinski definition) is 2. The van der Waals surface area contributed by atoms with E-state index in [1.807, 2.05) is 6.07 Å². The van der Waals surface area contributed by atoms with Crippen molar-refractivity contribution >= 4 is 6.03 Å². The SMILES string of the molecule is O=C(NCC1CCN(Cc2ccccc2)CC1)NC(c1ccc(F)cc1)C1CCCO1. The maximum absolute atomic E-state index is 13.3. The molecule has 2 fully saturated rings. The summed E-state index contributed by atoms with van der Waals surface area (Å²) in [5.74, 6) is 0.211. The molecule has 0 radical (unpaired) electrons. The third-order valence-electron chi connectivity index (χ3n) is 6.36. The Morgan fingerprint density at radius 1 is 1.06 bits per heavy atom. The molecule has 166 valence electrons. The van der Waals surface area contributed by atoms with Gasteiger partial charge in [0.2, 0.25) is 0 Å². The molecule has 4 rings (SSSR count). The minimum absolute atomic E-state index is 0.0718. The molecule has 2 aliphatic heterocycles. The topological polar surface area (TPSA) is 53.6 Å². The fourth-order valence-corrected chi connectivity index (χ4v) is 4.55. The number of halogens is 1. The van der Waals surface area contributed by atoms with Crippen molar-refractivity contribution in [2.24, 2.45) is 5.92 Å². The fraction of sp³-hybridized carbons (Fsp3) is 0.480. The summed E-state index contributed by atoms with van der Waals surface area (Å²) >= 11 is 0. The third-order valence-corrected chi connectivity index (χ3v) is 6.36. The van der Waals surface area contributed by atoms with E-state index in [4.69, 9.17) is 4.74 Å². The van der Waals surface area contributed by atoms with Gasteiger partial charge in [-0.25, -0.2) is 9.18 Å². The summed E-state index contributed by atoms with van der Waals surface area (Å²) in [6, 6.07) is 16.4. The van der Waals surface area contributed by atoms with E-state index < -0.39 is 0 Å². The molecule has 2 heterocycles. The molecule has 2 aromatic carbocycles. The third kappa shape index (κ3) is 6.28. The maximum Gasteiger partial charge on any atom is 0.315 e. The predicted molar refractivity (Wildman–Crippen MR) is 119 cm³/mol. The molecule has 2 N–H and O–H groups in total. The van der Waals surface area contributed by atoms with Crippen LogP contribution in [0.1, 0.15) is 42.9 Å². The lowest BCUT2D eigenvalue weighted by Crippen LogP contribution is -2.45. The van der Waals surface area contributed by atoms with Crippen LogP contribution in [0.15, 0.2) is 54.6 Å². The van der Waals surface area contributed by atoms with Crippen LogP contribution in [-0.2, 0) is 11.3 Å². The second-order valence-corrected chi connectivity index (χ2v) is 8.64. The first-order valence-electron chi connectivity index (χ1n) is 11.3. The van der Waals surface area contributed by atoms with E-state index in [1.165, 1.54) is 17.7 Å². The van der Waals surface area contributed by atoms with Gasteiger partial charge in [0.15, 0.2) is 0 Å². The highest BCUT2D eigenvalue weighted by molar-refractivity contribution is 5.74. The Kier molecular flexibility index (Phi) is 7.54. The van der Waals surface area contributed by atoms with Crippen LogP contribution in [0.3, 0.4) is 0 Å². The Morgan fingerprint density at radius 3 is 2.48 bits per heavy atom. The van der Waals surface area contributed by atoms with Gasteiger partial charge in [0.1, 0.15) is 5.82 Å². The van der Waals surface area contributed by atoms with Crippen molar-refractivity contribution < 1.29 is 13.9 Å². The van der Waals surface area contributed by atoms with Crippen molar-refractivity contribution in [3.05, 3.63) is 71.5 Å². The van der Waals surface area contributed by atoms with Crippen molar-refractivity contribution in [1.82, 2.24) is 15.5 Å². The number of hydrogen-bond acceptors (Lipinski definition) is 3. The number of piperidine rings is 1. The highest BCUT2D eigenvalue weighted by Crippen LogP contribution is 2.27. The fourth-order valence-electron chi connectivity index (χ4n) is 4.55. The Labute approximate surface area is 184 Å². The molecule has 0 spiro atoms. The Balaban J connectivity index is 1.24. The summed E-state index contributed by atoms with van der Waals surface area (Å²) in [6.45, 7) is 4.47. The first-order valence-corrected chi connectivity index (χ1v) is 11.3. The molecule has 0 aliphatic carbocycles. The standard InChI is InChI=1S/C25H32FN3O2/c26-22-10-8-21(9-11-22)24(23-7-4-16-31-23)28-25(30)27-17-19-12-14-29(15-13-19)18-20-5-2-1-3-6-20/h1-3,5-6,8-11,19,23-24H,4,7,12-18H2,(H2,27,28,30). The number of nitrogens with one attached hydrogen (secondary N) is 2. The van der Waals surface area contributed by atoms with Crippen LogP contribution in [0.5, 0.6) is 0 Å². The van der Waals surface area contributed by atoms with E-state index in [-0.39, 0.29) is 24.0 Å². The number of carbonyl (C=O) groups is 1. The lowest BCUT2D eigenvalue weighted by Gasteiger charge is -2.32.